The van der Waals surface area contributed by atoms with Crippen LogP contribution in [0.1, 0.15) is 34.6 Å². The molecule has 4 rings (SSSR count). The van der Waals surface area contributed by atoms with Crippen LogP contribution < -0.4 is 25.0 Å². The number of para-hydroxylation sites is 2. The van der Waals surface area contributed by atoms with Crippen molar-refractivity contribution in [3.8, 4) is 11.5 Å². The predicted molar refractivity (Wildman–Crippen MR) is 148 cm³/mol. The van der Waals surface area contributed by atoms with Crippen molar-refractivity contribution in [1.82, 2.24) is 4.90 Å². The first kappa shape index (κ1) is 27.3. The van der Waals surface area contributed by atoms with Crippen LogP contribution in [0.4, 0.5) is 17.1 Å². The molecular formula is C29H30N4O6. The van der Waals surface area contributed by atoms with Crippen LogP contribution in [-0.4, -0.2) is 61.9 Å². The second kappa shape index (κ2) is 12.2. The van der Waals surface area contributed by atoms with Crippen molar-refractivity contribution < 1.29 is 28.7 Å². The highest BCUT2D eigenvalue weighted by molar-refractivity contribution is 6.10. The van der Waals surface area contributed by atoms with Crippen molar-refractivity contribution in [2.24, 2.45) is 0 Å². The van der Waals surface area contributed by atoms with E-state index in [4.69, 9.17) is 9.47 Å². The molecule has 0 unspecified atom stereocenters. The maximum atomic E-state index is 13.3. The van der Waals surface area contributed by atoms with Gasteiger partial charge < -0.3 is 29.9 Å². The fourth-order valence-electron chi connectivity index (χ4n) is 4.22. The first-order valence-electron chi connectivity index (χ1n) is 12.5. The van der Waals surface area contributed by atoms with Gasteiger partial charge in [0, 0.05) is 45.7 Å². The molecule has 0 atom stereocenters. The first-order valence-corrected chi connectivity index (χ1v) is 12.5. The van der Waals surface area contributed by atoms with E-state index >= 15 is 0 Å². The summed E-state index contributed by atoms with van der Waals surface area (Å²) >= 11 is 0. The Hall–Kier alpha value is -4.70. The van der Waals surface area contributed by atoms with Crippen molar-refractivity contribution in [2.45, 2.75) is 13.8 Å². The largest absolute Gasteiger partial charge is 0.426 e. The highest BCUT2D eigenvalue weighted by Gasteiger charge is 2.21. The summed E-state index contributed by atoms with van der Waals surface area (Å²) in [6, 6.07) is 18.2. The lowest BCUT2D eigenvalue weighted by Crippen LogP contribution is -2.44. The van der Waals surface area contributed by atoms with Gasteiger partial charge in [-0.05, 0) is 49.5 Å². The van der Waals surface area contributed by atoms with Crippen LogP contribution in [0.5, 0.6) is 11.5 Å². The minimum atomic E-state index is -0.536. The Morgan fingerprint density at radius 1 is 0.692 bits per heavy atom. The van der Waals surface area contributed by atoms with Crippen LogP contribution in [-0.2, 0) is 9.59 Å². The second-order valence-corrected chi connectivity index (χ2v) is 9.11. The van der Waals surface area contributed by atoms with Gasteiger partial charge in [0.15, 0.2) is 0 Å². The van der Waals surface area contributed by atoms with Crippen molar-refractivity contribution in [3.05, 3.63) is 77.9 Å². The maximum absolute atomic E-state index is 13.3. The number of esters is 2. The normalized spacial score (nSPS) is 13.4. The van der Waals surface area contributed by atoms with Gasteiger partial charge in [-0.15, -0.1) is 0 Å². The van der Waals surface area contributed by atoms with E-state index < -0.39 is 23.8 Å². The number of anilines is 3. The Balaban J connectivity index is 1.64. The van der Waals surface area contributed by atoms with Gasteiger partial charge in [-0.25, -0.2) is 0 Å². The number of likely N-dealkylation sites (N-methyl/N-ethyl adjacent to an activating group) is 1. The van der Waals surface area contributed by atoms with Gasteiger partial charge in [0.2, 0.25) is 0 Å². The first-order chi connectivity index (χ1) is 18.7. The number of carbonyl (C=O) groups is 4. The van der Waals surface area contributed by atoms with Gasteiger partial charge in [-0.1, -0.05) is 24.3 Å². The lowest BCUT2D eigenvalue weighted by Gasteiger charge is -2.35. The van der Waals surface area contributed by atoms with Gasteiger partial charge >= 0.3 is 11.9 Å². The lowest BCUT2D eigenvalue weighted by molar-refractivity contribution is -0.132. The molecule has 3 aromatic rings. The van der Waals surface area contributed by atoms with Gasteiger partial charge in [0.05, 0.1) is 22.5 Å². The number of hydrogen-bond acceptors (Lipinski definition) is 8. The molecule has 1 saturated heterocycles. The highest BCUT2D eigenvalue weighted by Crippen LogP contribution is 2.32. The summed E-state index contributed by atoms with van der Waals surface area (Å²) < 4.78 is 10.4. The quantitative estimate of drug-likeness (QED) is 0.350. The number of hydrogen-bond donors (Lipinski definition) is 2. The number of nitrogens with zero attached hydrogens (tertiary/aromatic N) is 2. The molecule has 1 heterocycles. The molecule has 0 spiro atoms. The molecule has 10 nitrogen and oxygen atoms in total. The molecule has 2 N–H and O–H groups in total. The van der Waals surface area contributed by atoms with Gasteiger partial charge in [0.1, 0.15) is 11.5 Å². The summed E-state index contributed by atoms with van der Waals surface area (Å²) in [5, 5.41) is 5.76. The molecule has 3 aromatic carbocycles. The molecule has 1 fully saturated rings. The van der Waals surface area contributed by atoms with Crippen molar-refractivity contribution in [2.75, 3.05) is 48.8 Å². The van der Waals surface area contributed by atoms with Crippen LogP contribution in [0.15, 0.2) is 66.7 Å². The van der Waals surface area contributed by atoms with E-state index in [9.17, 15) is 19.2 Å². The molecule has 39 heavy (non-hydrogen) atoms. The summed E-state index contributed by atoms with van der Waals surface area (Å²) in [5.74, 6) is -1.72. The van der Waals surface area contributed by atoms with E-state index in [-0.39, 0.29) is 22.6 Å². The van der Waals surface area contributed by atoms with Gasteiger partial charge in [0.25, 0.3) is 11.8 Å². The molecule has 0 bridgehead atoms. The van der Waals surface area contributed by atoms with E-state index in [1.807, 2.05) is 6.07 Å². The third kappa shape index (κ3) is 6.99. The fourth-order valence-corrected chi connectivity index (χ4v) is 4.22. The van der Waals surface area contributed by atoms with E-state index in [1.165, 1.54) is 13.8 Å². The number of ether oxygens (including phenoxy) is 2. The minimum Gasteiger partial charge on any atom is -0.426 e. The third-order valence-electron chi connectivity index (χ3n) is 6.12. The molecular weight excluding hydrogens is 500 g/mol. The van der Waals surface area contributed by atoms with Crippen LogP contribution in [0.2, 0.25) is 0 Å². The molecule has 10 heteroatoms. The minimum absolute atomic E-state index is 0.146. The van der Waals surface area contributed by atoms with Gasteiger partial charge in [-0.2, -0.15) is 0 Å². The summed E-state index contributed by atoms with van der Waals surface area (Å²) in [6.45, 7) is 5.75. The molecule has 202 valence electrons. The SMILES string of the molecule is CC(=O)Oc1ccccc1C(=O)Nc1ccc(N2CCN(C)CC2)c(NC(=O)c2ccccc2OC(C)=O)c1. The molecule has 0 saturated carbocycles. The number of nitrogens with one attached hydrogen (secondary N) is 2. The molecule has 1 aliphatic heterocycles. The Labute approximate surface area is 226 Å². The molecule has 0 aliphatic carbocycles. The van der Waals surface area contributed by atoms with Crippen LogP contribution in [0.25, 0.3) is 0 Å². The zero-order valence-electron chi connectivity index (χ0n) is 22.0. The summed E-state index contributed by atoms with van der Waals surface area (Å²) in [6.07, 6.45) is 0. The Bertz CT molecular complexity index is 1400. The van der Waals surface area contributed by atoms with E-state index in [0.29, 0.717) is 11.4 Å². The summed E-state index contributed by atoms with van der Waals surface area (Å²) in [7, 11) is 2.05. The predicted octanol–water partition coefficient (Wildman–Crippen LogP) is 3.79. The number of benzene rings is 3. The lowest BCUT2D eigenvalue weighted by atomic mass is 10.1. The molecule has 1 aliphatic rings. The van der Waals surface area contributed by atoms with Crippen LogP contribution in [0.3, 0.4) is 0 Å². The third-order valence-corrected chi connectivity index (χ3v) is 6.12. The zero-order chi connectivity index (χ0) is 27.9. The number of amides is 2. The van der Waals surface area contributed by atoms with E-state index in [1.54, 1.807) is 60.7 Å². The summed E-state index contributed by atoms with van der Waals surface area (Å²) in [4.78, 5) is 53.8. The number of rotatable bonds is 7. The molecule has 0 radical (unpaired) electrons. The van der Waals surface area contributed by atoms with Crippen LogP contribution >= 0.6 is 0 Å². The molecule has 0 aromatic heterocycles. The number of carbonyl (C=O) groups excluding carboxylic acids is 4. The average Bonchev–Trinajstić information content (AvgIpc) is 2.89. The zero-order valence-corrected chi connectivity index (χ0v) is 22.0. The van der Waals surface area contributed by atoms with Crippen molar-refractivity contribution in [1.29, 1.82) is 0 Å². The van der Waals surface area contributed by atoms with E-state index in [2.05, 4.69) is 27.5 Å². The topological polar surface area (TPSA) is 117 Å². The Morgan fingerprint density at radius 3 is 1.74 bits per heavy atom. The van der Waals surface area contributed by atoms with Crippen LogP contribution in [0, 0.1) is 0 Å². The Kier molecular flexibility index (Phi) is 8.57. The standard InChI is InChI=1S/C29H30N4O6/c1-19(34)38-26-10-6-4-8-22(26)28(36)30-21-12-13-25(33-16-14-32(3)15-17-33)24(18-21)31-29(37)23-9-5-7-11-27(23)39-20(2)35/h4-13,18H,14-17H2,1-3H3,(H,30,36)(H,31,37). The monoisotopic (exact) mass is 530 g/mol. The molecule has 2 amide bonds. The summed E-state index contributed by atoms with van der Waals surface area (Å²) in [5.41, 5.74) is 2.09. The highest BCUT2D eigenvalue weighted by atomic mass is 16.5. The fraction of sp³-hybridized carbons (Fsp3) is 0.241. The smallest absolute Gasteiger partial charge is 0.308 e. The number of piperazine rings is 1. The second-order valence-electron chi connectivity index (χ2n) is 9.11. The Morgan fingerprint density at radius 2 is 1.21 bits per heavy atom. The average molecular weight is 531 g/mol. The van der Waals surface area contributed by atoms with Gasteiger partial charge in [-0.3, -0.25) is 19.2 Å². The maximum Gasteiger partial charge on any atom is 0.308 e. The van der Waals surface area contributed by atoms with E-state index in [0.717, 1.165) is 31.9 Å². The van der Waals surface area contributed by atoms with Crippen molar-refractivity contribution >= 4 is 40.8 Å². The van der Waals surface area contributed by atoms with Crippen molar-refractivity contribution in [3.63, 3.8) is 0 Å².